The van der Waals surface area contributed by atoms with Crippen LogP contribution in [0.15, 0.2) is 66.9 Å². The van der Waals surface area contributed by atoms with Crippen molar-refractivity contribution in [3.63, 3.8) is 0 Å². The van der Waals surface area contributed by atoms with Gasteiger partial charge in [-0.05, 0) is 54.5 Å². The monoisotopic (exact) mass is 358 g/mol. The van der Waals surface area contributed by atoms with Gasteiger partial charge in [0.15, 0.2) is 5.76 Å². The van der Waals surface area contributed by atoms with Gasteiger partial charge >= 0.3 is 5.97 Å². The lowest BCUT2D eigenvalue weighted by Gasteiger charge is -2.07. The number of fused-ring (bicyclic) bond motifs is 1. The standard InChI is InChI=1S/C21H14N2O4/c1-13-9-16(26-21(25)15-3-2-6-23-12-15)11-17-19(13)20(24)18(27-17)10-14-4-7-22-8-5-14/h2-12H,1H3/b18-10-. The van der Waals surface area contributed by atoms with E-state index in [4.69, 9.17) is 9.47 Å². The lowest BCUT2D eigenvalue weighted by molar-refractivity contribution is 0.0734. The van der Waals surface area contributed by atoms with Crippen molar-refractivity contribution in [3.05, 3.63) is 89.2 Å². The van der Waals surface area contributed by atoms with Crippen LogP contribution in [0.3, 0.4) is 0 Å². The molecule has 0 unspecified atom stereocenters. The fourth-order valence-corrected chi connectivity index (χ4v) is 2.80. The van der Waals surface area contributed by atoms with Gasteiger partial charge in [-0.2, -0.15) is 0 Å². The number of rotatable bonds is 3. The third-order valence-electron chi connectivity index (χ3n) is 4.06. The molecule has 6 nitrogen and oxygen atoms in total. The molecule has 0 saturated carbocycles. The number of pyridine rings is 2. The van der Waals surface area contributed by atoms with Crippen LogP contribution in [-0.2, 0) is 0 Å². The molecule has 0 atom stereocenters. The van der Waals surface area contributed by atoms with E-state index >= 15 is 0 Å². The van der Waals surface area contributed by atoms with Crippen LogP contribution in [0, 0.1) is 6.92 Å². The Hall–Kier alpha value is -3.80. The van der Waals surface area contributed by atoms with Gasteiger partial charge in [-0.15, -0.1) is 0 Å². The summed E-state index contributed by atoms with van der Waals surface area (Å²) in [7, 11) is 0. The first kappa shape index (κ1) is 16.7. The van der Waals surface area contributed by atoms with E-state index in [0.717, 1.165) is 5.56 Å². The Kier molecular flexibility index (Phi) is 4.22. The number of benzene rings is 1. The van der Waals surface area contributed by atoms with E-state index in [1.165, 1.54) is 6.20 Å². The molecule has 6 heteroatoms. The van der Waals surface area contributed by atoms with Crippen LogP contribution in [0.2, 0.25) is 0 Å². The molecule has 27 heavy (non-hydrogen) atoms. The van der Waals surface area contributed by atoms with Crippen molar-refractivity contribution in [1.82, 2.24) is 9.97 Å². The predicted octanol–water partition coefficient (Wildman–Crippen LogP) is 3.62. The molecule has 1 aliphatic rings. The molecular formula is C21H14N2O4. The Morgan fingerprint density at radius 2 is 1.93 bits per heavy atom. The number of allylic oxidation sites excluding steroid dienone is 1. The lowest BCUT2D eigenvalue weighted by Crippen LogP contribution is -2.09. The normalized spacial score (nSPS) is 14.0. The number of carbonyl (C=O) groups is 2. The highest BCUT2D eigenvalue weighted by atomic mass is 16.5. The number of esters is 1. The van der Waals surface area contributed by atoms with Gasteiger partial charge in [0.25, 0.3) is 0 Å². The summed E-state index contributed by atoms with van der Waals surface area (Å²) in [5, 5.41) is 0. The van der Waals surface area contributed by atoms with Crippen molar-refractivity contribution in [2.24, 2.45) is 0 Å². The second-order valence-corrected chi connectivity index (χ2v) is 5.96. The first-order valence-corrected chi connectivity index (χ1v) is 8.23. The Bertz CT molecular complexity index is 1060. The minimum Gasteiger partial charge on any atom is -0.452 e. The summed E-state index contributed by atoms with van der Waals surface area (Å²) in [5.41, 5.74) is 2.29. The van der Waals surface area contributed by atoms with Gasteiger partial charge in [-0.1, -0.05) is 0 Å². The van der Waals surface area contributed by atoms with E-state index in [1.807, 2.05) is 0 Å². The molecule has 132 valence electrons. The zero-order valence-corrected chi connectivity index (χ0v) is 14.4. The number of aromatic nitrogens is 2. The summed E-state index contributed by atoms with van der Waals surface area (Å²) in [6, 6.07) is 10.0. The maximum atomic E-state index is 12.7. The second-order valence-electron chi connectivity index (χ2n) is 5.96. The van der Waals surface area contributed by atoms with Gasteiger partial charge in [0.05, 0.1) is 11.1 Å². The Morgan fingerprint density at radius 1 is 1.11 bits per heavy atom. The molecule has 0 spiro atoms. The molecule has 0 radical (unpaired) electrons. The number of hydrogen-bond acceptors (Lipinski definition) is 6. The summed E-state index contributed by atoms with van der Waals surface area (Å²) in [4.78, 5) is 32.7. The van der Waals surface area contributed by atoms with Crippen molar-refractivity contribution in [3.8, 4) is 11.5 Å². The number of ketones is 1. The first-order valence-electron chi connectivity index (χ1n) is 8.23. The lowest BCUT2D eigenvalue weighted by atomic mass is 10.0. The van der Waals surface area contributed by atoms with E-state index in [1.54, 1.807) is 68.0 Å². The van der Waals surface area contributed by atoms with E-state index in [-0.39, 0.29) is 11.5 Å². The molecule has 3 heterocycles. The van der Waals surface area contributed by atoms with Crippen molar-refractivity contribution in [2.75, 3.05) is 0 Å². The number of aryl methyl sites for hydroxylation is 1. The number of ether oxygens (including phenoxy) is 2. The summed E-state index contributed by atoms with van der Waals surface area (Å²) in [6.07, 6.45) is 7.94. The highest BCUT2D eigenvalue weighted by Crippen LogP contribution is 2.37. The highest BCUT2D eigenvalue weighted by Gasteiger charge is 2.30. The van der Waals surface area contributed by atoms with E-state index in [2.05, 4.69) is 9.97 Å². The molecule has 0 aliphatic carbocycles. The molecule has 0 saturated heterocycles. The minimum absolute atomic E-state index is 0.204. The molecule has 0 amide bonds. The Balaban J connectivity index is 1.62. The molecule has 0 fully saturated rings. The summed E-state index contributed by atoms with van der Waals surface area (Å²) < 4.78 is 11.1. The van der Waals surface area contributed by atoms with E-state index < -0.39 is 5.97 Å². The van der Waals surface area contributed by atoms with Crippen LogP contribution in [0.25, 0.3) is 6.08 Å². The van der Waals surface area contributed by atoms with Crippen molar-refractivity contribution in [1.29, 1.82) is 0 Å². The molecular weight excluding hydrogens is 344 g/mol. The highest BCUT2D eigenvalue weighted by molar-refractivity contribution is 6.15. The summed E-state index contributed by atoms with van der Waals surface area (Å²) >= 11 is 0. The quantitative estimate of drug-likeness (QED) is 0.404. The number of Topliss-reactive ketones (excluding diaryl/α,β-unsaturated/α-hetero) is 1. The van der Waals surface area contributed by atoms with Crippen LogP contribution in [0.1, 0.15) is 31.8 Å². The first-order chi connectivity index (χ1) is 13.1. The van der Waals surface area contributed by atoms with E-state index in [9.17, 15) is 9.59 Å². The number of carbonyl (C=O) groups excluding carboxylic acids is 2. The van der Waals surface area contributed by atoms with Gasteiger partial charge in [0.2, 0.25) is 5.78 Å². The van der Waals surface area contributed by atoms with Crippen molar-refractivity contribution < 1.29 is 19.1 Å². The number of hydrogen-bond donors (Lipinski definition) is 0. The zero-order chi connectivity index (χ0) is 18.8. The third kappa shape index (κ3) is 3.32. The van der Waals surface area contributed by atoms with Crippen molar-refractivity contribution >= 4 is 17.8 Å². The van der Waals surface area contributed by atoms with Crippen LogP contribution in [0.5, 0.6) is 11.5 Å². The van der Waals surface area contributed by atoms with Crippen LogP contribution < -0.4 is 9.47 Å². The second kappa shape index (κ2) is 6.84. The number of nitrogens with zero attached hydrogens (tertiary/aromatic N) is 2. The van der Waals surface area contributed by atoms with Crippen molar-refractivity contribution in [2.45, 2.75) is 6.92 Å². The minimum atomic E-state index is -0.528. The topological polar surface area (TPSA) is 78.4 Å². The molecule has 1 aliphatic heterocycles. The smallest absolute Gasteiger partial charge is 0.345 e. The van der Waals surface area contributed by atoms with Crippen LogP contribution in [-0.4, -0.2) is 21.7 Å². The maximum Gasteiger partial charge on any atom is 0.345 e. The SMILES string of the molecule is Cc1cc(OC(=O)c2cccnc2)cc2c1C(=O)/C(=C/c1ccncc1)O2. The van der Waals surface area contributed by atoms with Gasteiger partial charge in [0, 0.05) is 30.9 Å². The average Bonchev–Trinajstić information content (AvgIpc) is 2.99. The summed E-state index contributed by atoms with van der Waals surface area (Å²) in [5.74, 6) is 0.158. The summed E-state index contributed by atoms with van der Waals surface area (Å²) in [6.45, 7) is 1.77. The predicted molar refractivity (Wildman–Crippen MR) is 97.5 cm³/mol. The molecule has 0 bridgehead atoms. The van der Waals surface area contributed by atoms with Gasteiger partial charge in [0.1, 0.15) is 11.5 Å². The molecule has 4 rings (SSSR count). The van der Waals surface area contributed by atoms with Gasteiger partial charge in [-0.25, -0.2) is 4.79 Å². The van der Waals surface area contributed by atoms with E-state index in [0.29, 0.717) is 28.2 Å². The van der Waals surface area contributed by atoms with Gasteiger partial charge in [-0.3, -0.25) is 14.8 Å². The third-order valence-corrected chi connectivity index (χ3v) is 4.06. The molecule has 1 aromatic carbocycles. The largest absolute Gasteiger partial charge is 0.452 e. The molecule has 3 aromatic rings. The van der Waals surface area contributed by atoms with Crippen LogP contribution >= 0.6 is 0 Å². The van der Waals surface area contributed by atoms with Gasteiger partial charge < -0.3 is 9.47 Å². The fourth-order valence-electron chi connectivity index (χ4n) is 2.80. The maximum absolute atomic E-state index is 12.7. The Morgan fingerprint density at radius 3 is 2.67 bits per heavy atom. The van der Waals surface area contributed by atoms with Crippen LogP contribution in [0.4, 0.5) is 0 Å². The fraction of sp³-hybridized carbons (Fsp3) is 0.0476. The Labute approximate surface area is 155 Å². The average molecular weight is 358 g/mol. The zero-order valence-electron chi connectivity index (χ0n) is 14.4. The molecule has 0 N–H and O–H groups in total. The molecule has 2 aromatic heterocycles.